The highest BCUT2D eigenvalue weighted by Crippen LogP contribution is 2.27. The molecule has 0 fully saturated rings. The lowest BCUT2D eigenvalue weighted by Gasteiger charge is -2.23. The highest BCUT2D eigenvalue weighted by molar-refractivity contribution is 5.17. The van der Waals surface area contributed by atoms with Crippen LogP contribution in [0, 0.1) is 5.82 Å². The second-order valence-corrected chi connectivity index (χ2v) is 5.89. The number of rotatable bonds is 10. The van der Waals surface area contributed by atoms with Crippen LogP contribution in [0.15, 0.2) is 18.5 Å². The molecule has 0 aromatic carbocycles. The van der Waals surface area contributed by atoms with Gasteiger partial charge in [-0.3, -0.25) is 4.98 Å². The molecule has 0 amide bonds. The van der Waals surface area contributed by atoms with Crippen molar-refractivity contribution in [3.8, 4) is 0 Å². The fraction of sp³-hybridized carbons (Fsp3) is 0.706. The van der Waals surface area contributed by atoms with Crippen LogP contribution >= 0.6 is 0 Å². The first-order valence-corrected chi connectivity index (χ1v) is 7.89. The summed E-state index contributed by atoms with van der Waals surface area (Å²) in [5.74, 6) is -0.390. The van der Waals surface area contributed by atoms with Crippen molar-refractivity contribution in [3.05, 3.63) is 29.8 Å². The van der Waals surface area contributed by atoms with Crippen molar-refractivity contribution in [2.24, 2.45) is 0 Å². The Kier molecular flexibility index (Phi) is 7.75. The normalized spacial score (nSPS) is 14.2. The first-order valence-electron chi connectivity index (χ1n) is 7.89. The van der Waals surface area contributed by atoms with Gasteiger partial charge in [-0.15, -0.1) is 0 Å². The van der Waals surface area contributed by atoms with E-state index in [-0.39, 0.29) is 0 Å². The van der Waals surface area contributed by atoms with Gasteiger partial charge in [-0.25, -0.2) is 4.39 Å². The summed E-state index contributed by atoms with van der Waals surface area (Å²) in [6, 6.07) is 1.37. The molecule has 1 unspecified atom stereocenters. The number of pyridine rings is 1. The van der Waals surface area contributed by atoms with Gasteiger partial charge in [0.05, 0.1) is 11.8 Å². The maximum Gasteiger partial charge on any atom is 0.141 e. The molecule has 1 N–H and O–H groups in total. The fourth-order valence-electron chi connectivity index (χ4n) is 2.45. The Hall–Kier alpha value is -0.960. The third kappa shape index (κ3) is 6.47. The van der Waals surface area contributed by atoms with Crippen molar-refractivity contribution in [2.75, 3.05) is 0 Å². The average molecular weight is 281 g/mol. The van der Waals surface area contributed by atoms with E-state index in [1.165, 1.54) is 44.6 Å². The number of hydrogen-bond acceptors (Lipinski definition) is 2. The van der Waals surface area contributed by atoms with Gasteiger partial charge in [0, 0.05) is 11.8 Å². The molecular formula is C17H28FNO. The van der Waals surface area contributed by atoms with E-state index >= 15 is 0 Å². The zero-order valence-electron chi connectivity index (χ0n) is 12.9. The van der Waals surface area contributed by atoms with Gasteiger partial charge in [-0.05, 0) is 19.4 Å². The minimum absolute atomic E-state index is 0.390. The summed E-state index contributed by atoms with van der Waals surface area (Å²) in [5.41, 5.74) is -0.405. The first kappa shape index (κ1) is 17.1. The number of nitrogens with zero attached hydrogens (tertiary/aromatic N) is 1. The predicted octanol–water partition coefficient (Wildman–Crippen LogP) is 4.96. The summed E-state index contributed by atoms with van der Waals surface area (Å²) in [7, 11) is 0. The Bertz CT molecular complexity index is 379. The van der Waals surface area contributed by atoms with Gasteiger partial charge < -0.3 is 5.11 Å². The number of unbranched alkanes of at least 4 members (excludes halogenated alkanes) is 7. The lowest BCUT2D eigenvalue weighted by molar-refractivity contribution is 0.0441. The van der Waals surface area contributed by atoms with E-state index in [1.807, 2.05) is 0 Å². The van der Waals surface area contributed by atoms with E-state index in [0.29, 0.717) is 12.0 Å². The van der Waals surface area contributed by atoms with E-state index in [0.717, 1.165) is 19.0 Å². The summed E-state index contributed by atoms with van der Waals surface area (Å²) in [6.07, 6.45) is 13.2. The quantitative estimate of drug-likeness (QED) is 0.615. The van der Waals surface area contributed by atoms with Crippen LogP contribution < -0.4 is 0 Å². The van der Waals surface area contributed by atoms with Crippen LogP contribution in [-0.2, 0) is 5.60 Å². The van der Waals surface area contributed by atoms with Crippen LogP contribution in [0.3, 0.4) is 0 Å². The van der Waals surface area contributed by atoms with Gasteiger partial charge in [-0.2, -0.15) is 0 Å². The first-order chi connectivity index (χ1) is 9.56. The van der Waals surface area contributed by atoms with E-state index in [9.17, 15) is 9.50 Å². The van der Waals surface area contributed by atoms with Crippen molar-refractivity contribution in [3.63, 3.8) is 0 Å². The summed E-state index contributed by atoms with van der Waals surface area (Å²) >= 11 is 0. The van der Waals surface area contributed by atoms with Gasteiger partial charge >= 0.3 is 0 Å². The van der Waals surface area contributed by atoms with Crippen LogP contribution in [-0.4, -0.2) is 10.1 Å². The second-order valence-electron chi connectivity index (χ2n) is 5.89. The van der Waals surface area contributed by atoms with Crippen LogP contribution in [0.4, 0.5) is 4.39 Å². The molecule has 1 aromatic heterocycles. The molecule has 1 rings (SSSR count). The van der Waals surface area contributed by atoms with E-state index in [1.54, 1.807) is 13.1 Å². The number of aromatic nitrogens is 1. The summed E-state index contributed by atoms with van der Waals surface area (Å²) in [5, 5.41) is 10.4. The predicted molar refractivity (Wildman–Crippen MR) is 81.0 cm³/mol. The Morgan fingerprint density at radius 3 is 2.25 bits per heavy atom. The van der Waals surface area contributed by atoms with Crippen molar-refractivity contribution >= 4 is 0 Å². The minimum atomic E-state index is -0.975. The third-order valence-electron chi connectivity index (χ3n) is 3.84. The Labute approximate surface area is 122 Å². The highest BCUT2D eigenvalue weighted by atomic mass is 19.1. The summed E-state index contributed by atoms with van der Waals surface area (Å²) in [4.78, 5) is 3.80. The number of hydrogen-bond donors (Lipinski definition) is 1. The number of aliphatic hydroxyl groups is 1. The molecule has 3 heteroatoms. The van der Waals surface area contributed by atoms with E-state index < -0.39 is 11.4 Å². The molecular weight excluding hydrogens is 253 g/mol. The van der Waals surface area contributed by atoms with Crippen LogP contribution in [0.1, 0.15) is 77.2 Å². The molecule has 0 aliphatic rings. The lowest BCUT2D eigenvalue weighted by Crippen LogP contribution is -2.21. The maximum absolute atomic E-state index is 13.1. The Morgan fingerprint density at radius 2 is 1.65 bits per heavy atom. The zero-order chi connectivity index (χ0) is 14.8. The topological polar surface area (TPSA) is 33.1 Å². The summed E-state index contributed by atoms with van der Waals surface area (Å²) < 4.78 is 13.1. The molecule has 20 heavy (non-hydrogen) atoms. The summed E-state index contributed by atoms with van der Waals surface area (Å²) in [6.45, 7) is 3.97. The highest BCUT2D eigenvalue weighted by Gasteiger charge is 2.23. The number of halogens is 1. The van der Waals surface area contributed by atoms with Gasteiger partial charge in [-0.1, -0.05) is 58.3 Å². The third-order valence-corrected chi connectivity index (χ3v) is 3.84. The maximum atomic E-state index is 13.1. The smallest absolute Gasteiger partial charge is 0.141 e. The van der Waals surface area contributed by atoms with Crippen LogP contribution in [0.25, 0.3) is 0 Å². The van der Waals surface area contributed by atoms with E-state index in [4.69, 9.17) is 0 Å². The molecule has 1 heterocycles. The molecule has 0 saturated heterocycles. The molecule has 0 aliphatic heterocycles. The molecule has 114 valence electrons. The minimum Gasteiger partial charge on any atom is -0.385 e. The van der Waals surface area contributed by atoms with E-state index in [2.05, 4.69) is 11.9 Å². The molecule has 0 bridgehead atoms. The van der Waals surface area contributed by atoms with Crippen LogP contribution in [0.2, 0.25) is 0 Å². The van der Waals surface area contributed by atoms with Gasteiger partial charge in [0.15, 0.2) is 0 Å². The van der Waals surface area contributed by atoms with Crippen molar-refractivity contribution in [2.45, 2.75) is 77.2 Å². The standard InChI is InChI=1S/C17H28FNO/c1-3-4-5-6-7-8-9-10-11-17(2,20)15-12-16(18)14-19-13-15/h12-14,20H,3-11H2,1-2H3. The molecule has 0 saturated carbocycles. The second kappa shape index (κ2) is 9.06. The van der Waals surface area contributed by atoms with Crippen molar-refractivity contribution in [1.29, 1.82) is 0 Å². The molecule has 0 spiro atoms. The SMILES string of the molecule is CCCCCCCCCCC(C)(O)c1cncc(F)c1. The largest absolute Gasteiger partial charge is 0.385 e. The van der Waals surface area contributed by atoms with Crippen LogP contribution in [0.5, 0.6) is 0 Å². The molecule has 1 aromatic rings. The average Bonchev–Trinajstić information content (AvgIpc) is 2.42. The zero-order valence-corrected chi connectivity index (χ0v) is 12.9. The fourth-order valence-corrected chi connectivity index (χ4v) is 2.45. The monoisotopic (exact) mass is 281 g/mol. The molecule has 0 aliphatic carbocycles. The van der Waals surface area contributed by atoms with Crippen molar-refractivity contribution in [1.82, 2.24) is 4.98 Å². The van der Waals surface area contributed by atoms with Gasteiger partial charge in [0.2, 0.25) is 0 Å². The molecule has 0 radical (unpaired) electrons. The molecule has 2 nitrogen and oxygen atoms in total. The lowest BCUT2D eigenvalue weighted by atomic mass is 9.91. The molecule has 1 atom stereocenters. The Balaban J connectivity index is 2.20. The van der Waals surface area contributed by atoms with Crippen molar-refractivity contribution < 1.29 is 9.50 Å². The van der Waals surface area contributed by atoms with Gasteiger partial charge in [0.1, 0.15) is 5.82 Å². The van der Waals surface area contributed by atoms with Gasteiger partial charge in [0.25, 0.3) is 0 Å². The Morgan fingerprint density at radius 1 is 1.05 bits per heavy atom.